The van der Waals surface area contributed by atoms with E-state index in [1.54, 1.807) is 11.9 Å². The first-order valence-electron chi connectivity index (χ1n) is 5.06. The summed E-state index contributed by atoms with van der Waals surface area (Å²) in [5.41, 5.74) is 6.69. The van der Waals surface area contributed by atoms with E-state index >= 15 is 0 Å². The van der Waals surface area contributed by atoms with Gasteiger partial charge in [0.25, 0.3) is 0 Å². The van der Waals surface area contributed by atoms with Crippen LogP contribution in [0.25, 0.3) is 0 Å². The van der Waals surface area contributed by atoms with Crippen LogP contribution in [-0.4, -0.2) is 30.3 Å². The lowest BCUT2D eigenvalue weighted by Gasteiger charge is -2.16. The largest absolute Gasteiger partial charge is 0.346 e. The molecule has 0 unspecified atom stereocenters. The molecular formula is C10H19N2O2. The highest BCUT2D eigenvalue weighted by Gasteiger charge is 2.06. The van der Waals surface area contributed by atoms with Gasteiger partial charge in [-0.2, -0.15) is 0 Å². The van der Waals surface area contributed by atoms with Crippen LogP contribution >= 0.6 is 0 Å². The van der Waals surface area contributed by atoms with Gasteiger partial charge in [0.2, 0.25) is 11.8 Å². The minimum absolute atomic E-state index is 0.157. The molecule has 2 amide bonds. The maximum absolute atomic E-state index is 11.3. The predicted octanol–water partition coefficient (Wildman–Crippen LogP) is 1.22. The molecule has 0 aliphatic carbocycles. The molecule has 1 radical (unpaired) electrons. The maximum atomic E-state index is 11.3. The van der Waals surface area contributed by atoms with Crippen molar-refractivity contribution in [2.75, 3.05) is 13.6 Å². The molecule has 4 nitrogen and oxygen atoms in total. The van der Waals surface area contributed by atoms with E-state index in [0.717, 1.165) is 12.8 Å². The zero-order chi connectivity index (χ0) is 11.0. The second-order valence-corrected chi connectivity index (χ2v) is 3.45. The molecule has 1 N–H and O–H groups in total. The SMILES string of the molecule is CCCC(=O)N(C)CCCCC([NH])=O. The summed E-state index contributed by atoms with van der Waals surface area (Å²) in [4.78, 5) is 23.3. The zero-order valence-electron chi connectivity index (χ0n) is 9.01. The molecule has 81 valence electrons. The fourth-order valence-corrected chi connectivity index (χ4v) is 1.16. The monoisotopic (exact) mass is 199 g/mol. The highest BCUT2D eigenvalue weighted by molar-refractivity contribution is 5.75. The summed E-state index contributed by atoms with van der Waals surface area (Å²) in [5, 5.41) is 0. The third-order valence-electron chi connectivity index (χ3n) is 2.04. The second kappa shape index (κ2) is 7.35. The number of hydrogen-bond donors (Lipinski definition) is 0. The predicted molar refractivity (Wildman–Crippen MR) is 54.5 cm³/mol. The highest BCUT2D eigenvalue weighted by atomic mass is 16.2. The minimum atomic E-state index is -0.521. The molecule has 14 heavy (non-hydrogen) atoms. The van der Waals surface area contributed by atoms with E-state index in [4.69, 9.17) is 5.73 Å². The van der Waals surface area contributed by atoms with Gasteiger partial charge in [-0.1, -0.05) is 6.92 Å². The van der Waals surface area contributed by atoms with Gasteiger partial charge in [-0.05, 0) is 19.3 Å². The number of carbonyl (C=O) groups excluding carboxylic acids is 2. The van der Waals surface area contributed by atoms with Crippen molar-refractivity contribution in [1.82, 2.24) is 10.6 Å². The zero-order valence-corrected chi connectivity index (χ0v) is 9.01. The molecule has 0 atom stereocenters. The van der Waals surface area contributed by atoms with Crippen molar-refractivity contribution in [2.24, 2.45) is 0 Å². The van der Waals surface area contributed by atoms with Gasteiger partial charge < -0.3 is 4.90 Å². The van der Waals surface area contributed by atoms with E-state index in [2.05, 4.69) is 0 Å². The van der Waals surface area contributed by atoms with Gasteiger partial charge in [0.1, 0.15) is 0 Å². The molecule has 0 aliphatic heterocycles. The van der Waals surface area contributed by atoms with Crippen molar-refractivity contribution in [3.8, 4) is 0 Å². The molecule has 4 heteroatoms. The van der Waals surface area contributed by atoms with Crippen LogP contribution in [0.1, 0.15) is 39.0 Å². The van der Waals surface area contributed by atoms with Gasteiger partial charge >= 0.3 is 0 Å². The summed E-state index contributed by atoms with van der Waals surface area (Å²) in [6.07, 6.45) is 3.26. The summed E-state index contributed by atoms with van der Waals surface area (Å²) in [5.74, 6) is -0.364. The Hall–Kier alpha value is -1.06. The molecule has 0 saturated carbocycles. The average Bonchev–Trinajstić information content (AvgIpc) is 2.12. The van der Waals surface area contributed by atoms with Gasteiger partial charge in [0.05, 0.1) is 0 Å². The Morgan fingerprint density at radius 3 is 2.36 bits per heavy atom. The van der Waals surface area contributed by atoms with Crippen molar-refractivity contribution >= 4 is 11.8 Å². The van der Waals surface area contributed by atoms with Crippen LogP contribution in [0.3, 0.4) is 0 Å². The molecule has 0 bridgehead atoms. The lowest BCUT2D eigenvalue weighted by Crippen LogP contribution is -2.27. The molecule has 0 saturated heterocycles. The molecular weight excluding hydrogens is 180 g/mol. The van der Waals surface area contributed by atoms with Crippen molar-refractivity contribution in [3.05, 3.63) is 0 Å². The first kappa shape index (κ1) is 12.9. The van der Waals surface area contributed by atoms with Crippen molar-refractivity contribution < 1.29 is 9.59 Å². The Morgan fingerprint density at radius 1 is 1.21 bits per heavy atom. The molecule has 0 fully saturated rings. The number of nitrogens with zero attached hydrogens (tertiary/aromatic N) is 1. The molecule has 0 heterocycles. The third-order valence-corrected chi connectivity index (χ3v) is 2.04. The standard InChI is InChI=1S/C10H19N2O2/c1-3-6-10(14)12(2)8-5-4-7-9(11)13/h11H,3-8H2,1-2H3. The summed E-state index contributed by atoms with van der Waals surface area (Å²) < 4.78 is 0. The summed E-state index contributed by atoms with van der Waals surface area (Å²) in [7, 11) is 1.78. The maximum Gasteiger partial charge on any atom is 0.238 e. The number of carbonyl (C=O) groups is 2. The second-order valence-electron chi connectivity index (χ2n) is 3.45. The number of amides is 2. The normalized spacial score (nSPS) is 9.86. The van der Waals surface area contributed by atoms with Crippen LogP contribution in [0.5, 0.6) is 0 Å². The fraction of sp³-hybridized carbons (Fsp3) is 0.800. The van der Waals surface area contributed by atoms with Gasteiger partial charge in [-0.15, -0.1) is 0 Å². The first-order chi connectivity index (χ1) is 6.57. The molecule has 0 spiro atoms. The van der Waals surface area contributed by atoms with Crippen LogP contribution < -0.4 is 5.73 Å². The van der Waals surface area contributed by atoms with Crippen molar-refractivity contribution in [2.45, 2.75) is 39.0 Å². The summed E-state index contributed by atoms with van der Waals surface area (Å²) in [6.45, 7) is 2.66. The molecule has 0 rings (SSSR count). The number of unbranched alkanes of at least 4 members (excludes halogenated alkanes) is 1. The highest BCUT2D eigenvalue weighted by Crippen LogP contribution is 2.00. The van der Waals surface area contributed by atoms with Crippen LogP contribution in [0, 0.1) is 0 Å². The van der Waals surface area contributed by atoms with E-state index in [-0.39, 0.29) is 5.91 Å². The Morgan fingerprint density at radius 2 is 1.86 bits per heavy atom. The average molecular weight is 199 g/mol. The molecule has 0 aliphatic rings. The van der Waals surface area contributed by atoms with Gasteiger partial charge in [0.15, 0.2) is 0 Å². The quantitative estimate of drug-likeness (QED) is 0.579. The topological polar surface area (TPSA) is 61.2 Å². The number of hydrogen-bond acceptors (Lipinski definition) is 2. The number of nitrogens with one attached hydrogen (secondary N) is 1. The Balaban J connectivity index is 3.48. The van der Waals surface area contributed by atoms with Crippen molar-refractivity contribution in [3.63, 3.8) is 0 Å². The molecule has 0 aromatic carbocycles. The van der Waals surface area contributed by atoms with Gasteiger partial charge in [-0.3, -0.25) is 15.3 Å². The lowest BCUT2D eigenvalue weighted by molar-refractivity contribution is -0.129. The first-order valence-corrected chi connectivity index (χ1v) is 5.06. The Labute approximate surface area is 85.4 Å². The minimum Gasteiger partial charge on any atom is -0.346 e. The van der Waals surface area contributed by atoms with E-state index in [0.29, 0.717) is 25.8 Å². The van der Waals surface area contributed by atoms with Gasteiger partial charge in [-0.25, -0.2) is 0 Å². The fourth-order valence-electron chi connectivity index (χ4n) is 1.16. The Bertz CT molecular complexity index is 193. The summed E-state index contributed by atoms with van der Waals surface area (Å²) >= 11 is 0. The molecule has 0 aromatic rings. The van der Waals surface area contributed by atoms with Crippen LogP contribution in [0.4, 0.5) is 0 Å². The smallest absolute Gasteiger partial charge is 0.238 e. The lowest BCUT2D eigenvalue weighted by atomic mass is 10.2. The molecule has 0 aromatic heterocycles. The van der Waals surface area contributed by atoms with Gasteiger partial charge in [0, 0.05) is 26.4 Å². The number of rotatable bonds is 7. The van der Waals surface area contributed by atoms with Crippen LogP contribution in [0.15, 0.2) is 0 Å². The van der Waals surface area contributed by atoms with E-state index in [1.165, 1.54) is 0 Å². The van der Waals surface area contributed by atoms with E-state index < -0.39 is 5.91 Å². The third kappa shape index (κ3) is 6.46. The van der Waals surface area contributed by atoms with Crippen molar-refractivity contribution in [1.29, 1.82) is 0 Å². The van der Waals surface area contributed by atoms with E-state index in [9.17, 15) is 9.59 Å². The Kier molecular flexibility index (Phi) is 6.80. The van der Waals surface area contributed by atoms with Crippen LogP contribution in [0.2, 0.25) is 0 Å². The van der Waals surface area contributed by atoms with Crippen LogP contribution in [-0.2, 0) is 9.59 Å². The van der Waals surface area contributed by atoms with E-state index in [1.807, 2.05) is 6.92 Å². The summed E-state index contributed by atoms with van der Waals surface area (Å²) in [6, 6.07) is 0.